The first-order chi connectivity index (χ1) is 9.20. The van der Waals surface area contributed by atoms with Crippen LogP contribution in [0.25, 0.3) is 0 Å². The summed E-state index contributed by atoms with van der Waals surface area (Å²) in [5.41, 5.74) is 0.574. The molecule has 1 fully saturated rings. The van der Waals surface area contributed by atoms with Gasteiger partial charge in [0.15, 0.2) is 0 Å². The summed E-state index contributed by atoms with van der Waals surface area (Å²) in [6.07, 6.45) is 3.42. The molecule has 0 aliphatic carbocycles. The van der Waals surface area contributed by atoms with E-state index in [1.807, 2.05) is 6.07 Å². The molecule has 20 heavy (non-hydrogen) atoms. The molecule has 1 heterocycles. The molecule has 0 bridgehead atoms. The van der Waals surface area contributed by atoms with Crippen molar-refractivity contribution in [3.8, 4) is 5.75 Å². The van der Waals surface area contributed by atoms with Crippen molar-refractivity contribution >= 4 is 34.2 Å². The topological polar surface area (TPSA) is 50.4 Å². The molecule has 0 unspecified atom stereocenters. The fourth-order valence-corrected chi connectivity index (χ4v) is 2.65. The van der Waals surface area contributed by atoms with E-state index in [-0.39, 0.29) is 18.3 Å². The fourth-order valence-electron chi connectivity index (χ4n) is 2.31. The van der Waals surface area contributed by atoms with Crippen LogP contribution in [0.15, 0.2) is 22.7 Å². The van der Waals surface area contributed by atoms with E-state index in [1.165, 1.54) is 12.8 Å². The second kappa shape index (κ2) is 8.49. The van der Waals surface area contributed by atoms with Gasteiger partial charge < -0.3 is 15.4 Å². The van der Waals surface area contributed by atoms with E-state index >= 15 is 0 Å². The summed E-state index contributed by atoms with van der Waals surface area (Å²) in [5.74, 6) is 0.508. The first-order valence-electron chi connectivity index (χ1n) is 6.56. The molecule has 0 spiro atoms. The van der Waals surface area contributed by atoms with Gasteiger partial charge in [-0.1, -0.05) is 15.9 Å². The van der Waals surface area contributed by atoms with Crippen molar-refractivity contribution in [2.24, 2.45) is 0 Å². The smallest absolute Gasteiger partial charge is 0.255 e. The summed E-state index contributed by atoms with van der Waals surface area (Å²) in [6.45, 7) is 1.79. The number of hydrogen-bond donors (Lipinski definition) is 2. The van der Waals surface area contributed by atoms with Crippen LogP contribution in [0.4, 0.5) is 0 Å². The van der Waals surface area contributed by atoms with Gasteiger partial charge in [-0.3, -0.25) is 4.79 Å². The van der Waals surface area contributed by atoms with Crippen LogP contribution in [0.2, 0.25) is 0 Å². The van der Waals surface area contributed by atoms with E-state index in [9.17, 15) is 4.79 Å². The van der Waals surface area contributed by atoms with Crippen LogP contribution < -0.4 is 15.4 Å². The van der Waals surface area contributed by atoms with Crippen molar-refractivity contribution in [2.45, 2.75) is 25.3 Å². The highest BCUT2D eigenvalue weighted by atomic mass is 79.9. The lowest BCUT2D eigenvalue weighted by Gasteiger charge is -2.12. The number of carbonyl (C=O) groups excluding carboxylic acids is 1. The van der Waals surface area contributed by atoms with Crippen LogP contribution in [-0.2, 0) is 0 Å². The van der Waals surface area contributed by atoms with Gasteiger partial charge in [-0.15, -0.1) is 12.4 Å². The standard InChI is InChI=1S/C14H19BrN2O2.ClH/c1-19-13-9-10(15)4-5-12(13)14(18)17-8-6-11-3-2-7-16-11;/h4-5,9,11,16H,2-3,6-8H2,1H3,(H,17,18);1H/t11-;/m1./s1. The first kappa shape index (κ1) is 17.3. The summed E-state index contributed by atoms with van der Waals surface area (Å²) in [6, 6.07) is 5.96. The molecule has 0 radical (unpaired) electrons. The quantitative estimate of drug-likeness (QED) is 0.846. The Balaban J connectivity index is 0.00000200. The lowest BCUT2D eigenvalue weighted by Crippen LogP contribution is -2.30. The van der Waals surface area contributed by atoms with Crippen molar-refractivity contribution in [3.63, 3.8) is 0 Å². The highest BCUT2D eigenvalue weighted by Gasteiger charge is 2.15. The van der Waals surface area contributed by atoms with Crippen LogP contribution in [-0.4, -0.2) is 32.1 Å². The number of halogens is 2. The maximum absolute atomic E-state index is 12.1. The minimum atomic E-state index is -0.0812. The summed E-state index contributed by atoms with van der Waals surface area (Å²) >= 11 is 3.36. The zero-order chi connectivity index (χ0) is 13.7. The average molecular weight is 364 g/mol. The van der Waals surface area contributed by atoms with Gasteiger partial charge in [0, 0.05) is 17.1 Å². The Morgan fingerprint density at radius 1 is 1.55 bits per heavy atom. The van der Waals surface area contributed by atoms with Crippen molar-refractivity contribution < 1.29 is 9.53 Å². The number of rotatable bonds is 5. The summed E-state index contributed by atoms with van der Waals surface area (Å²) in [5, 5.41) is 6.36. The minimum Gasteiger partial charge on any atom is -0.496 e. The second-order valence-corrected chi connectivity index (χ2v) is 5.60. The molecule has 2 N–H and O–H groups in total. The monoisotopic (exact) mass is 362 g/mol. The molecular weight excluding hydrogens is 344 g/mol. The number of nitrogens with one attached hydrogen (secondary N) is 2. The van der Waals surface area contributed by atoms with Gasteiger partial charge in [0.1, 0.15) is 5.75 Å². The molecule has 4 nitrogen and oxygen atoms in total. The minimum absolute atomic E-state index is 0. The number of amides is 1. The van der Waals surface area contributed by atoms with Crippen LogP contribution in [0.1, 0.15) is 29.6 Å². The Morgan fingerprint density at radius 2 is 2.35 bits per heavy atom. The zero-order valence-electron chi connectivity index (χ0n) is 11.4. The highest BCUT2D eigenvalue weighted by molar-refractivity contribution is 9.10. The largest absolute Gasteiger partial charge is 0.496 e. The molecule has 1 atom stereocenters. The molecule has 6 heteroatoms. The Hall–Kier alpha value is -0.780. The summed E-state index contributed by atoms with van der Waals surface area (Å²) < 4.78 is 6.12. The third-order valence-corrected chi connectivity index (χ3v) is 3.84. The highest BCUT2D eigenvalue weighted by Crippen LogP contribution is 2.23. The molecule has 1 aliphatic heterocycles. The fraction of sp³-hybridized carbons (Fsp3) is 0.500. The molecule has 112 valence electrons. The number of benzene rings is 1. The molecule has 1 amide bonds. The Kier molecular flexibility index (Phi) is 7.34. The maximum Gasteiger partial charge on any atom is 0.255 e. The van der Waals surface area contributed by atoms with Gasteiger partial charge in [0.05, 0.1) is 12.7 Å². The van der Waals surface area contributed by atoms with Gasteiger partial charge in [-0.25, -0.2) is 0 Å². The SMILES string of the molecule is COc1cc(Br)ccc1C(=O)NCC[C@H]1CCCN1.Cl. The molecule has 1 aliphatic rings. The molecule has 1 aromatic rings. The van der Waals surface area contributed by atoms with Gasteiger partial charge in [-0.2, -0.15) is 0 Å². The lowest BCUT2D eigenvalue weighted by atomic mass is 10.1. The van der Waals surface area contributed by atoms with Crippen molar-refractivity contribution in [1.29, 1.82) is 0 Å². The zero-order valence-corrected chi connectivity index (χ0v) is 13.9. The van der Waals surface area contributed by atoms with Gasteiger partial charge in [-0.05, 0) is 44.0 Å². The van der Waals surface area contributed by atoms with Crippen LogP contribution in [0.5, 0.6) is 5.75 Å². The van der Waals surface area contributed by atoms with E-state index in [1.54, 1.807) is 19.2 Å². The van der Waals surface area contributed by atoms with E-state index < -0.39 is 0 Å². The predicted molar refractivity (Wildman–Crippen MR) is 85.9 cm³/mol. The van der Waals surface area contributed by atoms with E-state index in [0.717, 1.165) is 17.4 Å². The number of ether oxygens (including phenoxy) is 1. The van der Waals surface area contributed by atoms with E-state index in [2.05, 4.69) is 26.6 Å². The van der Waals surface area contributed by atoms with Crippen LogP contribution in [0, 0.1) is 0 Å². The average Bonchev–Trinajstić information content (AvgIpc) is 2.91. The van der Waals surface area contributed by atoms with E-state index in [4.69, 9.17) is 4.74 Å². The molecule has 0 saturated carbocycles. The van der Waals surface area contributed by atoms with Crippen LogP contribution >= 0.6 is 28.3 Å². The Labute approximate surface area is 134 Å². The third kappa shape index (κ3) is 4.65. The van der Waals surface area contributed by atoms with Gasteiger partial charge >= 0.3 is 0 Å². The molecule has 0 aromatic heterocycles. The number of methoxy groups -OCH3 is 1. The first-order valence-corrected chi connectivity index (χ1v) is 7.35. The number of hydrogen-bond acceptors (Lipinski definition) is 3. The van der Waals surface area contributed by atoms with Crippen molar-refractivity contribution in [1.82, 2.24) is 10.6 Å². The summed E-state index contributed by atoms with van der Waals surface area (Å²) in [4.78, 5) is 12.1. The van der Waals surface area contributed by atoms with Crippen molar-refractivity contribution in [2.75, 3.05) is 20.2 Å². The maximum atomic E-state index is 12.1. The van der Waals surface area contributed by atoms with Gasteiger partial charge in [0.25, 0.3) is 5.91 Å². The molecule has 1 aromatic carbocycles. The predicted octanol–water partition coefficient (Wildman–Crippen LogP) is 2.75. The van der Waals surface area contributed by atoms with E-state index in [0.29, 0.717) is 23.9 Å². The molecule has 1 saturated heterocycles. The summed E-state index contributed by atoms with van der Waals surface area (Å²) in [7, 11) is 1.57. The lowest BCUT2D eigenvalue weighted by molar-refractivity contribution is 0.0949. The molecular formula is C14H20BrClN2O2. The van der Waals surface area contributed by atoms with Crippen molar-refractivity contribution in [3.05, 3.63) is 28.2 Å². The Morgan fingerprint density at radius 3 is 3.00 bits per heavy atom. The third-order valence-electron chi connectivity index (χ3n) is 3.35. The molecule has 2 rings (SSSR count). The normalized spacial score (nSPS) is 17.4. The Bertz CT molecular complexity index is 451. The second-order valence-electron chi connectivity index (χ2n) is 4.68. The number of carbonyl (C=O) groups is 1. The van der Waals surface area contributed by atoms with Gasteiger partial charge in [0.2, 0.25) is 0 Å². The van der Waals surface area contributed by atoms with Crippen LogP contribution in [0.3, 0.4) is 0 Å².